The van der Waals surface area contributed by atoms with E-state index >= 15 is 0 Å². The number of anilines is 1. The van der Waals surface area contributed by atoms with E-state index < -0.39 is 12.1 Å². The topological polar surface area (TPSA) is 91.7 Å². The summed E-state index contributed by atoms with van der Waals surface area (Å²) in [5.41, 5.74) is 2.55. The second-order valence-corrected chi connectivity index (χ2v) is 8.30. The molecule has 168 valence electrons. The highest BCUT2D eigenvalue weighted by Crippen LogP contribution is 2.35. The minimum atomic E-state index is -1.07. The fraction of sp³-hybridized carbons (Fsp3) is 0.261. The van der Waals surface area contributed by atoms with Crippen molar-refractivity contribution in [3.63, 3.8) is 0 Å². The number of hydrogen-bond acceptors (Lipinski definition) is 7. The van der Waals surface area contributed by atoms with Crippen molar-refractivity contribution in [2.45, 2.75) is 13.0 Å². The normalized spacial score (nSPS) is 17.0. The molecule has 1 N–H and O–H groups in total. The Kier molecular flexibility index (Phi) is 7.09. The molecule has 1 heterocycles. The monoisotopic (exact) mass is 455 g/mol. The first-order valence-electron chi connectivity index (χ1n) is 9.80. The van der Waals surface area contributed by atoms with Gasteiger partial charge in [0.25, 0.3) is 5.91 Å². The van der Waals surface area contributed by atoms with Crippen LogP contribution in [-0.2, 0) is 9.59 Å². The average molecular weight is 456 g/mol. The number of amidine groups is 1. The molecule has 0 aromatic heterocycles. The van der Waals surface area contributed by atoms with E-state index in [9.17, 15) is 9.59 Å². The zero-order chi connectivity index (χ0) is 23.4. The molecule has 0 radical (unpaired) electrons. The van der Waals surface area contributed by atoms with Gasteiger partial charge in [-0.3, -0.25) is 9.69 Å². The highest BCUT2D eigenvalue weighted by atomic mass is 32.2. The zero-order valence-electron chi connectivity index (χ0n) is 18.5. The lowest BCUT2D eigenvalue weighted by Crippen LogP contribution is -2.23. The van der Waals surface area contributed by atoms with Crippen LogP contribution in [-0.4, -0.2) is 61.4 Å². The largest absolute Gasteiger partial charge is 0.493 e. The van der Waals surface area contributed by atoms with E-state index in [0.717, 1.165) is 16.9 Å². The molecule has 0 aliphatic carbocycles. The number of ether oxygens (including phenoxy) is 2. The van der Waals surface area contributed by atoms with Crippen LogP contribution in [0.25, 0.3) is 6.08 Å². The number of nitrogens with zero attached hydrogens (tertiary/aromatic N) is 3. The van der Waals surface area contributed by atoms with Gasteiger partial charge in [-0.1, -0.05) is 6.07 Å². The lowest BCUT2D eigenvalue weighted by atomic mass is 10.2. The van der Waals surface area contributed by atoms with Gasteiger partial charge in [0, 0.05) is 26.8 Å². The highest BCUT2D eigenvalue weighted by molar-refractivity contribution is 8.18. The minimum Gasteiger partial charge on any atom is -0.493 e. The fourth-order valence-electron chi connectivity index (χ4n) is 2.85. The Balaban J connectivity index is 1.83. The molecule has 2 aromatic carbocycles. The second kappa shape index (κ2) is 9.78. The van der Waals surface area contributed by atoms with Gasteiger partial charge in [0.2, 0.25) is 0 Å². The third-order valence-electron chi connectivity index (χ3n) is 4.73. The molecule has 0 bridgehead atoms. The summed E-state index contributed by atoms with van der Waals surface area (Å²) in [7, 11) is 7.10. The van der Waals surface area contributed by atoms with Crippen LogP contribution in [0.15, 0.2) is 52.4 Å². The smallest absolute Gasteiger partial charge is 0.344 e. The minimum absolute atomic E-state index is 0.155. The number of rotatable bonds is 7. The van der Waals surface area contributed by atoms with Crippen LogP contribution in [0.5, 0.6) is 11.5 Å². The van der Waals surface area contributed by atoms with Crippen molar-refractivity contribution in [3.05, 3.63) is 52.9 Å². The summed E-state index contributed by atoms with van der Waals surface area (Å²) < 4.78 is 10.7. The number of carboxylic acids is 1. The summed E-state index contributed by atoms with van der Waals surface area (Å²) in [6.45, 7) is 1.44. The van der Waals surface area contributed by atoms with Crippen molar-refractivity contribution in [1.29, 1.82) is 0 Å². The summed E-state index contributed by atoms with van der Waals surface area (Å²) >= 11 is 1.29. The second-order valence-electron chi connectivity index (χ2n) is 7.29. The predicted octanol–water partition coefficient (Wildman–Crippen LogP) is 3.85. The van der Waals surface area contributed by atoms with E-state index in [1.54, 1.807) is 31.3 Å². The molecular formula is C23H25N3O5S. The van der Waals surface area contributed by atoms with E-state index in [4.69, 9.17) is 14.6 Å². The summed E-state index contributed by atoms with van der Waals surface area (Å²) in [6, 6.07) is 12.8. The molecule has 1 aliphatic heterocycles. The summed E-state index contributed by atoms with van der Waals surface area (Å²) in [5.74, 6) is -0.531. The van der Waals surface area contributed by atoms with Crippen LogP contribution >= 0.6 is 11.8 Å². The number of likely N-dealkylation sites (N-methyl/N-ethyl adjacent to an activating group) is 1. The van der Waals surface area contributed by atoms with Crippen molar-refractivity contribution in [2.75, 3.05) is 33.2 Å². The van der Waals surface area contributed by atoms with Gasteiger partial charge in [0.15, 0.2) is 22.8 Å². The van der Waals surface area contributed by atoms with Crippen LogP contribution in [0, 0.1) is 0 Å². The Morgan fingerprint density at radius 3 is 2.47 bits per heavy atom. The molecule has 9 heteroatoms. The van der Waals surface area contributed by atoms with E-state index in [2.05, 4.69) is 4.99 Å². The first-order chi connectivity index (χ1) is 15.2. The number of carboxylic acid groups (broad SMARTS) is 1. The molecule has 1 atom stereocenters. The molecule has 1 amide bonds. The van der Waals surface area contributed by atoms with Crippen molar-refractivity contribution in [3.8, 4) is 11.5 Å². The number of carbonyl (C=O) groups is 2. The Labute approximate surface area is 191 Å². The molecule has 32 heavy (non-hydrogen) atoms. The number of thioether (sulfide) groups is 1. The van der Waals surface area contributed by atoms with Crippen LogP contribution < -0.4 is 14.4 Å². The van der Waals surface area contributed by atoms with Crippen molar-refractivity contribution in [2.24, 2.45) is 4.99 Å². The van der Waals surface area contributed by atoms with E-state index in [-0.39, 0.29) is 5.91 Å². The highest BCUT2D eigenvalue weighted by Gasteiger charge is 2.30. The maximum Gasteiger partial charge on any atom is 0.344 e. The summed E-state index contributed by atoms with van der Waals surface area (Å²) in [6.07, 6.45) is 0.730. The summed E-state index contributed by atoms with van der Waals surface area (Å²) in [5, 5.41) is 9.62. The maximum absolute atomic E-state index is 12.7. The van der Waals surface area contributed by atoms with Crippen molar-refractivity contribution >= 4 is 46.3 Å². The lowest BCUT2D eigenvalue weighted by Gasteiger charge is -2.14. The van der Waals surface area contributed by atoms with Crippen LogP contribution in [0.3, 0.4) is 0 Å². The number of benzene rings is 2. The van der Waals surface area contributed by atoms with Crippen molar-refractivity contribution in [1.82, 2.24) is 4.90 Å². The Morgan fingerprint density at radius 1 is 1.19 bits per heavy atom. The Morgan fingerprint density at radius 2 is 1.88 bits per heavy atom. The van der Waals surface area contributed by atoms with Gasteiger partial charge in [0.05, 0.1) is 17.7 Å². The van der Waals surface area contributed by atoms with Gasteiger partial charge in [-0.15, -0.1) is 0 Å². The number of aliphatic imine (C=N–C) groups is 1. The molecule has 2 aromatic rings. The van der Waals surface area contributed by atoms with Gasteiger partial charge in [-0.25, -0.2) is 9.79 Å². The van der Waals surface area contributed by atoms with Crippen LogP contribution in [0.2, 0.25) is 0 Å². The molecule has 3 rings (SSSR count). The zero-order valence-corrected chi connectivity index (χ0v) is 19.3. The first-order valence-corrected chi connectivity index (χ1v) is 10.6. The molecule has 1 saturated heterocycles. The Bertz CT molecular complexity index is 1080. The number of carbonyl (C=O) groups excluding carboxylic acids is 1. The maximum atomic E-state index is 12.7. The summed E-state index contributed by atoms with van der Waals surface area (Å²) in [4.78, 5) is 32.4. The number of hydrogen-bond donors (Lipinski definition) is 1. The van der Waals surface area contributed by atoms with E-state index in [0.29, 0.717) is 21.6 Å². The quantitative estimate of drug-likeness (QED) is 0.634. The van der Waals surface area contributed by atoms with Gasteiger partial charge in [0.1, 0.15) is 0 Å². The van der Waals surface area contributed by atoms with Gasteiger partial charge < -0.3 is 19.5 Å². The third kappa shape index (κ3) is 5.23. The third-order valence-corrected chi connectivity index (χ3v) is 5.79. The molecule has 0 saturated carbocycles. The van der Waals surface area contributed by atoms with Crippen LogP contribution in [0.1, 0.15) is 12.5 Å². The first kappa shape index (κ1) is 23.2. The molecular weight excluding hydrogens is 430 g/mol. The molecule has 1 aliphatic rings. The standard InChI is InChI=1S/C23H25N3O5S/c1-14(22(28)29)31-18-11-6-15(12-19(18)30-5)13-20-21(27)26(4)23(32-20)24-16-7-9-17(10-8-16)25(2)3/h6-14H,1-5H3,(H,28,29)/b20-13-,24-23?/t14-/m1/s1. The van der Waals surface area contributed by atoms with Gasteiger partial charge in [-0.2, -0.15) is 0 Å². The average Bonchev–Trinajstić information content (AvgIpc) is 3.02. The molecule has 0 spiro atoms. The number of methoxy groups -OCH3 is 1. The SMILES string of the molecule is COc1cc(/C=C2\SC(=Nc3ccc(N(C)C)cc3)N(C)C2=O)ccc1O[C@H](C)C(=O)O. The van der Waals surface area contributed by atoms with Crippen molar-refractivity contribution < 1.29 is 24.2 Å². The predicted molar refractivity (Wildman–Crippen MR) is 127 cm³/mol. The van der Waals surface area contributed by atoms with Gasteiger partial charge >= 0.3 is 5.97 Å². The van der Waals surface area contributed by atoms with Crippen LogP contribution in [0.4, 0.5) is 11.4 Å². The lowest BCUT2D eigenvalue weighted by molar-refractivity contribution is -0.144. The molecule has 0 unspecified atom stereocenters. The van der Waals surface area contributed by atoms with E-state index in [1.165, 1.54) is 30.7 Å². The van der Waals surface area contributed by atoms with E-state index in [1.807, 2.05) is 43.3 Å². The molecule has 1 fully saturated rings. The Hall–Kier alpha value is -3.46. The fourth-order valence-corrected chi connectivity index (χ4v) is 3.84. The molecule has 8 nitrogen and oxygen atoms in total. The number of aliphatic carboxylic acids is 1. The van der Waals surface area contributed by atoms with Gasteiger partial charge in [-0.05, 0) is 66.7 Å². The number of amides is 1.